The van der Waals surface area contributed by atoms with E-state index in [2.05, 4.69) is 15.3 Å². The van der Waals surface area contributed by atoms with Crippen molar-refractivity contribution in [3.05, 3.63) is 66.2 Å². The molecule has 3 N–H and O–H groups in total. The van der Waals surface area contributed by atoms with Crippen molar-refractivity contribution in [2.75, 3.05) is 5.32 Å². The molecule has 0 bridgehead atoms. The van der Waals surface area contributed by atoms with Gasteiger partial charge in [0.2, 0.25) is 0 Å². The molecule has 0 saturated carbocycles. The largest absolute Gasteiger partial charge is 0.504 e. The standard InChI is InChI=1S/C19H14FN3O2S/c20-13-4-2-12(3-5-13)17-8-14-18(26-17)19(23-10-22-14)21-9-11-1-6-15(24)16(25)7-11/h1-8,10,24-25H,9H2,(H,21,22,23). The first kappa shape index (κ1) is 16.3. The summed E-state index contributed by atoms with van der Waals surface area (Å²) in [5, 5.41) is 22.2. The molecule has 0 aliphatic carbocycles. The van der Waals surface area contributed by atoms with Crippen molar-refractivity contribution in [3.63, 3.8) is 0 Å². The monoisotopic (exact) mass is 367 g/mol. The van der Waals surface area contributed by atoms with Crippen LogP contribution >= 0.6 is 11.3 Å². The number of hydrogen-bond acceptors (Lipinski definition) is 6. The zero-order chi connectivity index (χ0) is 18.1. The number of nitrogens with zero attached hydrogens (tertiary/aromatic N) is 2. The molecule has 2 aromatic carbocycles. The number of phenols is 2. The second kappa shape index (κ2) is 6.61. The Bertz CT molecular complexity index is 1080. The maximum atomic E-state index is 13.1. The fraction of sp³-hybridized carbons (Fsp3) is 0.0526. The molecule has 0 atom stereocenters. The number of nitrogens with one attached hydrogen (secondary N) is 1. The van der Waals surface area contributed by atoms with Crippen LogP contribution in [0.3, 0.4) is 0 Å². The number of aromatic hydroxyl groups is 2. The molecule has 0 unspecified atom stereocenters. The Morgan fingerprint density at radius 2 is 1.77 bits per heavy atom. The van der Waals surface area contributed by atoms with E-state index in [1.165, 1.54) is 41.9 Å². The molecule has 0 saturated heterocycles. The van der Waals surface area contributed by atoms with Crippen LogP contribution in [0.25, 0.3) is 20.7 Å². The van der Waals surface area contributed by atoms with Gasteiger partial charge >= 0.3 is 0 Å². The van der Waals surface area contributed by atoms with Gasteiger partial charge in [-0.1, -0.05) is 18.2 Å². The van der Waals surface area contributed by atoms with Crippen molar-refractivity contribution < 1.29 is 14.6 Å². The smallest absolute Gasteiger partial charge is 0.157 e. The third-order valence-corrected chi connectivity index (χ3v) is 5.12. The van der Waals surface area contributed by atoms with Crippen LogP contribution in [-0.4, -0.2) is 20.2 Å². The molecule has 0 aliphatic rings. The highest BCUT2D eigenvalue weighted by Crippen LogP contribution is 2.36. The van der Waals surface area contributed by atoms with Crippen LogP contribution in [0.1, 0.15) is 5.56 Å². The molecule has 0 fully saturated rings. The van der Waals surface area contributed by atoms with Gasteiger partial charge in [0, 0.05) is 11.4 Å². The molecule has 0 amide bonds. The lowest BCUT2D eigenvalue weighted by Gasteiger charge is -2.07. The number of thiophene rings is 1. The van der Waals surface area contributed by atoms with Crippen LogP contribution in [0.15, 0.2) is 54.9 Å². The quantitative estimate of drug-likeness (QED) is 0.462. The second-order valence-electron chi connectivity index (χ2n) is 5.73. The van der Waals surface area contributed by atoms with E-state index >= 15 is 0 Å². The van der Waals surface area contributed by atoms with E-state index in [-0.39, 0.29) is 17.3 Å². The third-order valence-electron chi connectivity index (χ3n) is 3.94. The summed E-state index contributed by atoms with van der Waals surface area (Å²) >= 11 is 1.52. The van der Waals surface area contributed by atoms with E-state index in [1.807, 2.05) is 6.07 Å². The molecule has 2 aromatic heterocycles. The van der Waals surface area contributed by atoms with Crippen molar-refractivity contribution in [3.8, 4) is 21.9 Å². The van der Waals surface area contributed by atoms with E-state index in [0.717, 1.165) is 26.2 Å². The number of anilines is 1. The van der Waals surface area contributed by atoms with Gasteiger partial charge in [-0.05, 0) is 41.5 Å². The average Bonchev–Trinajstić information content (AvgIpc) is 3.08. The highest BCUT2D eigenvalue weighted by Gasteiger charge is 2.11. The fourth-order valence-electron chi connectivity index (χ4n) is 2.60. The molecule has 0 aliphatic heterocycles. The van der Waals surface area contributed by atoms with E-state index in [9.17, 15) is 14.6 Å². The van der Waals surface area contributed by atoms with Gasteiger partial charge in [-0.15, -0.1) is 11.3 Å². The Morgan fingerprint density at radius 1 is 0.962 bits per heavy atom. The predicted molar refractivity (Wildman–Crippen MR) is 99.9 cm³/mol. The van der Waals surface area contributed by atoms with Gasteiger partial charge in [-0.3, -0.25) is 0 Å². The van der Waals surface area contributed by atoms with Gasteiger partial charge in [0.25, 0.3) is 0 Å². The van der Waals surface area contributed by atoms with Crippen LogP contribution < -0.4 is 5.32 Å². The average molecular weight is 367 g/mol. The number of halogens is 1. The predicted octanol–water partition coefficient (Wildman–Crippen LogP) is 4.52. The first-order valence-electron chi connectivity index (χ1n) is 7.85. The molecule has 26 heavy (non-hydrogen) atoms. The highest BCUT2D eigenvalue weighted by molar-refractivity contribution is 7.22. The van der Waals surface area contributed by atoms with Gasteiger partial charge in [0.1, 0.15) is 18.0 Å². The van der Waals surface area contributed by atoms with Gasteiger partial charge in [-0.25, -0.2) is 14.4 Å². The van der Waals surface area contributed by atoms with Crippen LogP contribution in [-0.2, 0) is 6.54 Å². The lowest BCUT2D eigenvalue weighted by Crippen LogP contribution is -2.01. The second-order valence-corrected chi connectivity index (χ2v) is 6.78. The molecule has 130 valence electrons. The van der Waals surface area contributed by atoms with E-state index in [0.29, 0.717) is 12.4 Å². The van der Waals surface area contributed by atoms with Gasteiger partial charge in [-0.2, -0.15) is 0 Å². The molecular formula is C19H14FN3O2S. The summed E-state index contributed by atoms with van der Waals surface area (Å²) in [7, 11) is 0. The SMILES string of the molecule is Oc1ccc(CNc2ncnc3cc(-c4ccc(F)cc4)sc23)cc1O. The minimum absolute atomic E-state index is 0.152. The maximum absolute atomic E-state index is 13.1. The van der Waals surface area contributed by atoms with Crippen LogP contribution in [0.4, 0.5) is 10.2 Å². The number of rotatable bonds is 4. The van der Waals surface area contributed by atoms with E-state index < -0.39 is 0 Å². The molecule has 4 rings (SSSR count). The summed E-state index contributed by atoms with van der Waals surface area (Å²) in [6.45, 7) is 0.434. The van der Waals surface area contributed by atoms with Crippen LogP contribution in [0, 0.1) is 5.82 Å². The molecule has 0 spiro atoms. The Balaban J connectivity index is 1.63. The molecule has 4 aromatic rings. The van der Waals surface area contributed by atoms with Crippen molar-refractivity contribution in [2.45, 2.75) is 6.54 Å². The maximum Gasteiger partial charge on any atom is 0.157 e. The summed E-state index contributed by atoms with van der Waals surface area (Å²) in [5.74, 6) is 0.0994. The van der Waals surface area contributed by atoms with Crippen molar-refractivity contribution in [2.24, 2.45) is 0 Å². The number of hydrogen-bond donors (Lipinski definition) is 3. The number of aromatic nitrogens is 2. The third kappa shape index (κ3) is 3.16. The zero-order valence-electron chi connectivity index (χ0n) is 13.5. The minimum atomic E-state index is -0.269. The fourth-order valence-corrected chi connectivity index (χ4v) is 3.68. The molecule has 0 radical (unpaired) electrons. The van der Waals surface area contributed by atoms with Crippen molar-refractivity contribution in [1.29, 1.82) is 0 Å². The normalized spacial score (nSPS) is 11.0. The highest BCUT2D eigenvalue weighted by atomic mass is 32.1. The van der Waals surface area contributed by atoms with Gasteiger partial charge in [0.15, 0.2) is 11.5 Å². The molecule has 5 nitrogen and oxygen atoms in total. The summed E-state index contributed by atoms with van der Waals surface area (Å²) in [4.78, 5) is 9.58. The van der Waals surface area contributed by atoms with Gasteiger partial charge in [0.05, 0.1) is 10.2 Å². The molecule has 2 heterocycles. The van der Waals surface area contributed by atoms with Gasteiger partial charge < -0.3 is 15.5 Å². The Hall–Kier alpha value is -3.19. The Kier molecular flexibility index (Phi) is 4.14. The van der Waals surface area contributed by atoms with Crippen LogP contribution in [0.2, 0.25) is 0 Å². The summed E-state index contributed by atoms with van der Waals surface area (Å²) in [6, 6.07) is 13.0. The number of benzene rings is 2. The summed E-state index contributed by atoms with van der Waals surface area (Å²) in [6.07, 6.45) is 1.49. The number of fused-ring (bicyclic) bond motifs is 1. The van der Waals surface area contributed by atoms with E-state index in [1.54, 1.807) is 18.2 Å². The lowest BCUT2D eigenvalue weighted by molar-refractivity contribution is 0.403. The molecule has 7 heteroatoms. The van der Waals surface area contributed by atoms with Crippen molar-refractivity contribution >= 4 is 27.4 Å². The Labute approximate surface area is 152 Å². The summed E-state index contributed by atoms with van der Waals surface area (Å²) in [5.41, 5.74) is 2.53. The van der Waals surface area contributed by atoms with E-state index in [4.69, 9.17) is 0 Å². The molecular weight excluding hydrogens is 353 g/mol. The topological polar surface area (TPSA) is 78.3 Å². The Morgan fingerprint density at radius 3 is 2.54 bits per heavy atom. The summed E-state index contributed by atoms with van der Waals surface area (Å²) < 4.78 is 14.0. The minimum Gasteiger partial charge on any atom is -0.504 e. The first-order chi connectivity index (χ1) is 12.6. The lowest BCUT2D eigenvalue weighted by atomic mass is 10.2. The van der Waals surface area contributed by atoms with Crippen molar-refractivity contribution in [1.82, 2.24) is 9.97 Å². The zero-order valence-corrected chi connectivity index (χ0v) is 14.3. The first-order valence-corrected chi connectivity index (χ1v) is 8.67. The number of phenolic OH excluding ortho intramolecular Hbond substituents is 2. The van der Waals surface area contributed by atoms with Crippen LogP contribution in [0.5, 0.6) is 11.5 Å².